The average molecular weight is 472 g/mol. The molecule has 0 atom stereocenters. The summed E-state index contributed by atoms with van der Waals surface area (Å²) < 4.78 is 18.2. The van der Waals surface area contributed by atoms with Gasteiger partial charge in [0.1, 0.15) is 22.8 Å². The van der Waals surface area contributed by atoms with E-state index in [0.29, 0.717) is 17.6 Å². The Morgan fingerprint density at radius 1 is 0.857 bits per heavy atom. The zero-order valence-corrected chi connectivity index (χ0v) is 20.0. The van der Waals surface area contributed by atoms with Crippen LogP contribution in [0.15, 0.2) is 66.7 Å². The molecule has 3 aromatic carbocycles. The number of nitrogens with zero attached hydrogens (tertiary/aromatic N) is 1. The number of para-hydroxylation sites is 1. The Kier molecular flexibility index (Phi) is 6.68. The molecule has 0 N–H and O–H groups in total. The van der Waals surface area contributed by atoms with Crippen molar-refractivity contribution in [3.63, 3.8) is 0 Å². The lowest BCUT2D eigenvalue weighted by atomic mass is 10.1. The van der Waals surface area contributed by atoms with Gasteiger partial charge in [0, 0.05) is 29.3 Å². The molecule has 7 heteroatoms. The van der Waals surface area contributed by atoms with Crippen molar-refractivity contribution in [3.8, 4) is 22.9 Å². The summed E-state index contributed by atoms with van der Waals surface area (Å²) in [5.74, 6) is -0.155. The van der Waals surface area contributed by atoms with Crippen LogP contribution in [-0.4, -0.2) is 28.9 Å². The van der Waals surface area contributed by atoms with Crippen LogP contribution in [0.5, 0.6) is 17.2 Å². The molecule has 4 aromatic rings. The number of esters is 2. The van der Waals surface area contributed by atoms with Gasteiger partial charge in [0.15, 0.2) is 5.78 Å². The van der Waals surface area contributed by atoms with Gasteiger partial charge in [-0.1, -0.05) is 12.1 Å². The van der Waals surface area contributed by atoms with E-state index in [-0.39, 0.29) is 22.8 Å². The van der Waals surface area contributed by atoms with E-state index in [1.165, 1.54) is 26.0 Å². The number of Topliss-reactive ketones (excluding diaryl/α,β-unsaturated/α-hetero) is 1. The molecular formula is C28H25NO6. The van der Waals surface area contributed by atoms with Gasteiger partial charge in [-0.2, -0.15) is 0 Å². The molecule has 0 radical (unpaired) electrons. The van der Waals surface area contributed by atoms with Crippen LogP contribution >= 0.6 is 0 Å². The number of benzene rings is 3. The first-order valence-corrected chi connectivity index (χ1v) is 11.2. The van der Waals surface area contributed by atoms with Crippen LogP contribution in [0, 0.1) is 6.92 Å². The van der Waals surface area contributed by atoms with E-state index in [2.05, 4.69) is 0 Å². The van der Waals surface area contributed by atoms with Gasteiger partial charge in [-0.15, -0.1) is 0 Å². The highest BCUT2D eigenvalue weighted by Gasteiger charge is 2.21. The number of ether oxygens (including phenoxy) is 3. The molecule has 0 saturated carbocycles. The smallest absolute Gasteiger partial charge is 0.347 e. The quantitative estimate of drug-likeness (QED) is 0.196. The lowest BCUT2D eigenvalue weighted by Crippen LogP contribution is -2.12. The van der Waals surface area contributed by atoms with E-state index in [9.17, 15) is 14.4 Å². The minimum atomic E-state index is -0.673. The lowest BCUT2D eigenvalue weighted by Gasteiger charge is -2.11. The summed E-state index contributed by atoms with van der Waals surface area (Å²) in [5.41, 5.74) is 3.13. The number of hydrogen-bond acceptors (Lipinski definition) is 6. The third-order valence-corrected chi connectivity index (χ3v) is 5.50. The molecule has 0 aliphatic carbocycles. The van der Waals surface area contributed by atoms with Crippen molar-refractivity contribution in [2.24, 2.45) is 0 Å². The van der Waals surface area contributed by atoms with Crippen molar-refractivity contribution in [1.82, 2.24) is 4.57 Å². The Bertz CT molecular complexity index is 1430. The molecule has 4 rings (SSSR count). The second-order valence-electron chi connectivity index (χ2n) is 7.94. The van der Waals surface area contributed by atoms with Crippen LogP contribution in [-0.2, 0) is 4.79 Å². The number of carbonyl (C=O) groups is 3. The number of hydrogen-bond donors (Lipinski definition) is 0. The molecule has 35 heavy (non-hydrogen) atoms. The van der Waals surface area contributed by atoms with Crippen molar-refractivity contribution >= 4 is 28.6 Å². The molecule has 0 saturated heterocycles. The second kappa shape index (κ2) is 9.85. The highest BCUT2D eigenvalue weighted by Crippen LogP contribution is 2.33. The third kappa shape index (κ3) is 4.80. The number of fused-ring (bicyclic) bond motifs is 1. The first kappa shape index (κ1) is 23.8. The van der Waals surface area contributed by atoms with Crippen molar-refractivity contribution < 1.29 is 28.6 Å². The Hall–Kier alpha value is -4.39. The molecule has 7 nitrogen and oxygen atoms in total. The van der Waals surface area contributed by atoms with Crippen molar-refractivity contribution in [3.05, 3.63) is 83.6 Å². The topological polar surface area (TPSA) is 83.8 Å². The number of aromatic nitrogens is 1. The first-order valence-electron chi connectivity index (χ1n) is 11.2. The minimum Gasteiger partial charge on any atom is -0.494 e. The number of carbonyl (C=O) groups excluding carboxylic acids is 3. The maximum absolute atomic E-state index is 12.9. The van der Waals surface area contributed by atoms with Gasteiger partial charge >= 0.3 is 11.9 Å². The van der Waals surface area contributed by atoms with Crippen LogP contribution in [0.3, 0.4) is 0 Å². The predicted molar refractivity (Wildman–Crippen MR) is 132 cm³/mol. The van der Waals surface area contributed by atoms with Crippen molar-refractivity contribution in [1.29, 1.82) is 0 Å². The molecule has 178 valence electrons. The Morgan fingerprint density at radius 3 is 2.20 bits per heavy atom. The summed E-state index contributed by atoms with van der Waals surface area (Å²) >= 11 is 0. The van der Waals surface area contributed by atoms with Gasteiger partial charge in [0.25, 0.3) is 0 Å². The van der Waals surface area contributed by atoms with E-state index < -0.39 is 11.9 Å². The van der Waals surface area contributed by atoms with Gasteiger partial charge in [0.2, 0.25) is 0 Å². The fourth-order valence-corrected chi connectivity index (χ4v) is 4.14. The van der Waals surface area contributed by atoms with Gasteiger partial charge in [0.05, 0.1) is 12.1 Å². The number of ketones is 1. The maximum Gasteiger partial charge on any atom is 0.347 e. The molecule has 0 bridgehead atoms. The molecule has 1 aromatic heterocycles. The molecule has 0 amide bonds. The lowest BCUT2D eigenvalue weighted by molar-refractivity contribution is -0.131. The highest BCUT2D eigenvalue weighted by atomic mass is 16.5. The summed E-state index contributed by atoms with van der Waals surface area (Å²) in [7, 11) is 0. The fourth-order valence-electron chi connectivity index (χ4n) is 4.14. The standard InChI is InChI=1S/C28H25NO6/c1-5-33-21-12-10-20(11-13-21)29-17(2)27(18(3)30)24-16-22(14-15-25(24)29)35-28(32)23-8-6-7-9-26(23)34-19(4)31/h6-16H,5H2,1-4H3. The SMILES string of the molecule is CCOc1ccc(-n2c(C)c(C(C)=O)c3cc(OC(=O)c4ccccc4OC(C)=O)ccc32)cc1. The summed E-state index contributed by atoms with van der Waals surface area (Å²) in [4.78, 5) is 36.8. The summed E-state index contributed by atoms with van der Waals surface area (Å²) in [6.45, 7) is 7.16. The van der Waals surface area contributed by atoms with E-state index in [1.54, 1.807) is 24.3 Å². The van der Waals surface area contributed by atoms with Crippen LogP contribution in [0.1, 0.15) is 47.2 Å². The van der Waals surface area contributed by atoms with Crippen LogP contribution in [0.25, 0.3) is 16.6 Å². The second-order valence-corrected chi connectivity index (χ2v) is 7.94. The average Bonchev–Trinajstić information content (AvgIpc) is 3.11. The molecule has 0 unspecified atom stereocenters. The Morgan fingerprint density at radius 2 is 1.54 bits per heavy atom. The normalized spacial score (nSPS) is 10.7. The maximum atomic E-state index is 12.9. The first-order chi connectivity index (χ1) is 16.8. The van der Waals surface area contributed by atoms with E-state index in [1.807, 2.05) is 48.7 Å². The third-order valence-electron chi connectivity index (χ3n) is 5.50. The van der Waals surface area contributed by atoms with Crippen LogP contribution in [0.2, 0.25) is 0 Å². The zero-order chi connectivity index (χ0) is 25.1. The van der Waals surface area contributed by atoms with E-state index >= 15 is 0 Å². The summed E-state index contributed by atoms with van der Waals surface area (Å²) in [6, 6.07) is 19.1. The van der Waals surface area contributed by atoms with Gasteiger partial charge in [-0.25, -0.2) is 4.79 Å². The largest absolute Gasteiger partial charge is 0.494 e. The number of rotatable bonds is 7. The van der Waals surface area contributed by atoms with Gasteiger partial charge in [-0.05, 0) is 75.4 Å². The van der Waals surface area contributed by atoms with Crippen LogP contribution in [0.4, 0.5) is 0 Å². The predicted octanol–water partition coefficient (Wildman–Crippen LogP) is 5.68. The van der Waals surface area contributed by atoms with Gasteiger partial charge < -0.3 is 18.8 Å². The minimum absolute atomic E-state index is 0.0964. The molecule has 0 aliphatic heterocycles. The van der Waals surface area contributed by atoms with E-state index in [0.717, 1.165) is 22.6 Å². The molecule has 0 spiro atoms. The monoisotopic (exact) mass is 471 g/mol. The Labute approximate surface area is 202 Å². The van der Waals surface area contributed by atoms with Crippen molar-refractivity contribution in [2.45, 2.75) is 27.7 Å². The zero-order valence-electron chi connectivity index (χ0n) is 20.0. The summed E-state index contributed by atoms with van der Waals surface area (Å²) in [5, 5.41) is 0.669. The van der Waals surface area contributed by atoms with Gasteiger partial charge in [-0.3, -0.25) is 9.59 Å². The van der Waals surface area contributed by atoms with E-state index in [4.69, 9.17) is 14.2 Å². The molecule has 1 heterocycles. The highest BCUT2D eigenvalue weighted by molar-refractivity contribution is 6.09. The molecular weight excluding hydrogens is 446 g/mol. The fraction of sp³-hybridized carbons (Fsp3) is 0.179. The summed E-state index contributed by atoms with van der Waals surface area (Å²) in [6.07, 6.45) is 0. The Balaban J connectivity index is 1.74. The molecule has 0 aliphatic rings. The van der Waals surface area contributed by atoms with Crippen molar-refractivity contribution in [2.75, 3.05) is 6.61 Å². The van der Waals surface area contributed by atoms with Crippen LogP contribution < -0.4 is 14.2 Å². The molecule has 0 fully saturated rings.